The van der Waals surface area contributed by atoms with E-state index in [2.05, 4.69) is 10.5 Å². The molecular formula is C14H15N3O2. The van der Waals surface area contributed by atoms with Crippen LogP contribution in [-0.2, 0) is 7.05 Å². The number of nitrogens with zero attached hydrogens (tertiary/aromatic N) is 2. The highest BCUT2D eigenvalue weighted by Gasteiger charge is 2.03. The van der Waals surface area contributed by atoms with E-state index in [0.717, 1.165) is 11.4 Å². The summed E-state index contributed by atoms with van der Waals surface area (Å²) in [4.78, 5) is 11.7. The van der Waals surface area contributed by atoms with Crippen molar-refractivity contribution in [3.05, 3.63) is 53.3 Å². The van der Waals surface area contributed by atoms with E-state index in [1.165, 1.54) is 24.3 Å². The van der Waals surface area contributed by atoms with Crippen molar-refractivity contribution in [3.8, 4) is 5.75 Å². The molecule has 0 spiro atoms. The average Bonchev–Trinajstić information content (AvgIpc) is 2.71. The number of phenols is 1. The van der Waals surface area contributed by atoms with Gasteiger partial charge in [0.2, 0.25) is 0 Å². The molecule has 5 heteroatoms. The number of rotatable bonds is 3. The Kier molecular flexibility index (Phi) is 3.66. The van der Waals surface area contributed by atoms with Gasteiger partial charge in [-0.2, -0.15) is 5.10 Å². The molecule has 0 bridgehead atoms. The van der Waals surface area contributed by atoms with Crippen LogP contribution < -0.4 is 5.43 Å². The molecule has 0 aliphatic rings. The number of hydrogen-bond acceptors (Lipinski definition) is 3. The molecule has 19 heavy (non-hydrogen) atoms. The second-order valence-corrected chi connectivity index (χ2v) is 4.20. The molecule has 1 aromatic carbocycles. The fourth-order valence-corrected chi connectivity index (χ4v) is 1.60. The molecule has 0 saturated carbocycles. The van der Waals surface area contributed by atoms with Crippen molar-refractivity contribution in [2.45, 2.75) is 6.92 Å². The van der Waals surface area contributed by atoms with Gasteiger partial charge in [0.1, 0.15) is 5.75 Å². The van der Waals surface area contributed by atoms with Crippen molar-refractivity contribution in [3.63, 3.8) is 0 Å². The lowest BCUT2D eigenvalue weighted by molar-refractivity contribution is 0.0955. The van der Waals surface area contributed by atoms with Gasteiger partial charge in [-0.25, -0.2) is 5.43 Å². The van der Waals surface area contributed by atoms with Gasteiger partial charge < -0.3 is 9.67 Å². The van der Waals surface area contributed by atoms with Crippen LogP contribution in [0.15, 0.2) is 41.5 Å². The molecule has 0 unspecified atom stereocenters. The maximum Gasteiger partial charge on any atom is 0.271 e. The van der Waals surface area contributed by atoms with Crippen LogP contribution in [0.3, 0.4) is 0 Å². The highest BCUT2D eigenvalue weighted by atomic mass is 16.3. The van der Waals surface area contributed by atoms with Crippen LogP contribution in [0, 0.1) is 6.92 Å². The second-order valence-electron chi connectivity index (χ2n) is 4.20. The number of carbonyl (C=O) groups is 1. The molecule has 2 N–H and O–H groups in total. The zero-order chi connectivity index (χ0) is 13.8. The molecule has 2 rings (SSSR count). The summed E-state index contributed by atoms with van der Waals surface area (Å²) in [5, 5.41) is 13.0. The van der Waals surface area contributed by atoms with Gasteiger partial charge in [0, 0.05) is 18.3 Å². The normalized spacial score (nSPS) is 10.8. The molecule has 0 aliphatic heterocycles. The summed E-state index contributed by atoms with van der Waals surface area (Å²) in [6.07, 6.45) is 1.59. The first-order chi connectivity index (χ1) is 9.08. The fraction of sp³-hybridized carbons (Fsp3) is 0.143. The van der Waals surface area contributed by atoms with E-state index < -0.39 is 0 Å². The lowest BCUT2D eigenvalue weighted by Gasteiger charge is -2.01. The van der Waals surface area contributed by atoms with Crippen LogP contribution in [-0.4, -0.2) is 21.8 Å². The Hall–Kier alpha value is -2.56. The van der Waals surface area contributed by atoms with E-state index in [4.69, 9.17) is 5.11 Å². The standard InChI is InChI=1S/C14H15N3O2/c1-10-3-6-12(17(10)2)9-15-16-14(19)11-4-7-13(18)8-5-11/h3-9,18H,1-2H3,(H,16,19)/b15-9+. The van der Waals surface area contributed by atoms with E-state index in [1.807, 2.05) is 30.7 Å². The number of amides is 1. The van der Waals surface area contributed by atoms with Crippen LogP contribution in [0.2, 0.25) is 0 Å². The smallest absolute Gasteiger partial charge is 0.271 e. The molecule has 0 atom stereocenters. The molecule has 5 nitrogen and oxygen atoms in total. The second kappa shape index (κ2) is 5.39. The number of nitrogens with one attached hydrogen (secondary N) is 1. The third-order valence-corrected chi connectivity index (χ3v) is 2.90. The van der Waals surface area contributed by atoms with Crippen molar-refractivity contribution in [1.29, 1.82) is 0 Å². The Morgan fingerprint density at radius 3 is 2.53 bits per heavy atom. The molecule has 1 heterocycles. The summed E-state index contributed by atoms with van der Waals surface area (Å²) in [5.41, 5.74) is 4.90. The largest absolute Gasteiger partial charge is 0.508 e. The minimum atomic E-state index is -0.317. The van der Waals surface area contributed by atoms with Gasteiger partial charge in [0.25, 0.3) is 5.91 Å². The van der Waals surface area contributed by atoms with Crippen molar-refractivity contribution in [1.82, 2.24) is 9.99 Å². The third kappa shape index (κ3) is 3.01. The highest BCUT2D eigenvalue weighted by molar-refractivity contribution is 5.94. The quantitative estimate of drug-likeness (QED) is 0.650. The number of hydrazone groups is 1. The number of hydrogen-bond donors (Lipinski definition) is 2. The average molecular weight is 257 g/mol. The molecule has 0 fully saturated rings. The van der Waals surface area contributed by atoms with Gasteiger partial charge in [-0.15, -0.1) is 0 Å². The fourth-order valence-electron chi connectivity index (χ4n) is 1.60. The maximum atomic E-state index is 11.7. The Balaban J connectivity index is 2.00. The van der Waals surface area contributed by atoms with Crippen molar-refractivity contribution in [2.24, 2.45) is 12.1 Å². The van der Waals surface area contributed by atoms with Gasteiger partial charge >= 0.3 is 0 Å². The Labute approximate surface area is 111 Å². The van der Waals surface area contributed by atoms with E-state index in [-0.39, 0.29) is 11.7 Å². The summed E-state index contributed by atoms with van der Waals surface area (Å²) < 4.78 is 1.97. The molecule has 98 valence electrons. The minimum Gasteiger partial charge on any atom is -0.508 e. The zero-order valence-electron chi connectivity index (χ0n) is 10.8. The topological polar surface area (TPSA) is 66.6 Å². The number of benzene rings is 1. The first kappa shape index (κ1) is 12.9. The van der Waals surface area contributed by atoms with Gasteiger partial charge in [-0.1, -0.05) is 0 Å². The first-order valence-electron chi connectivity index (χ1n) is 5.82. The number of aryl methyl sites for hydroxylation is 1. The van der Waals surface area contributed by atoms with Crippen molar-refractivity contribution < 1.29 is 9.90 Å². The lowest BCUT2D eigenvalue weighted by atomic mass is 10.2. The molecule has 0 aliphatic carbocycles. The van der Waals surface area contributed by atoms with Crippen LogP contribution in [0.4, 0.5) is 0 Å². The van der Waals surface area contributed by atoms with Gasteiger partial charge in [0.15, 0.2) is 0 Å². The van der Waals surface area contributed by atoms with Crippen LogP contribution in [0.25, 0.3) is 0 Å². The van der Waals surface area contributed by atoms with Crippen LogP contribution >= 0.6 is 0 Å². The number of aromatic hydroxyl groups is 1. The predicted octanol–water partition coefficient (Wildman–Crippen LogP) is 1.80. The molecular weight excluding hydrogens is 242 g/mol. The summed E-state index contributed by atoms with van der Waals surface area (Å²) in [7, 11) is 1.93. The Morgan fingerprint density at radius 2 is 1.95 bits per heavy atom. The summed E-state index contributed by atoms with van der Waals surface area (Å²) in [6, 6.07) is 9.88. The maximum absolute atomic E-state index is 11.7. The zero-order valence-corrected chi connectivity index (χ0v) is 10.8. The van der Waals surface area contributed by atoms with E-state index in [9.17, 15) is 4.79 Å². The van der Waals surface area contributed by atoms with E-state index in [1.54, 1.807) is 6.21 Å². The monoisotopic (exact) mass is 257 g/mol. The molecule has 0 radical (unpaired) electrons. The Bertz CT molecular complexity index is 612. The number of aromatic nitrogens is 1. The number of carbonyl (C=O) groups excluding carboxylic acids is 1. The van der Waals surface area contributed by atoms with E-state index >= 15 is 0 Å². The Morgan fingerprint density at radius 1 is 1.26 bits per heavy atom. The summed E-state index contributed by atoms with van der Waals surface area (Å²) in [6.45, 7) is 1.99. The third-order valence-electron chi connectivity index (χ3n) is 2.90. The van der Waals surface area contributed by atoms with Gasteiger partial charge in [-0.05, 0) is 43.3 Å². The van der Waals surface area contributed by atoms with Crippen molar-refractivity contribution >= 4 is 12.1 Å². The molecule has 1 amide bonds. The SMILES string of the molecule is Cc1ccc(/C=N/NC(=O)c2ccc(O)cc2)n1C. The van der Waals surface area contributed by atoms with Crippen molar-refractivity contribution in [2.75, 3.05) is 0 Å². The number of phenolic OH excluding ortho intramolecular Hbond substituents is 1. The minimum absolute atomic E-state index is 0.124. The molecule has 2 aromatic rings. The molecule has 0 saturated heterocycles. The van der Waals surface area contributed by atoms with Gasteiger partial charge in [-0.3, -0.25) is 4.79 Å². The first-order valence-corrected chi connectivity index (χ1v) is 5.82. The predicted molar refractivity (Wildman–Crippen MR) is 73.3 cm³/mol. The van der Waals surface area contributed by atoms with Crippen LogP contribution in [0.5, 0.6) is 5.75 Å². The van der Waals surface area contributed by atoms with Gasteiger partial charge in [0.05, 0.1) is 11.9 Å². The summed E-state index contributed by atoms with van der Waals surface area (Å²) in [5.74, 6) is -0.193. The van der Waals surface area contributed by atoms with E-state index in [0.29, 0.717) is 5.56 Å². The summed E-state index contributed by atoms with van der Waals surface area (Å²) >= 11 is 0. The highest BCUT2D eigenvalue weighted by Crippen LogP contribution is 2.09. The molecule has 1 aromatic heterocycles. The van der Waals surface area contributed by atoms with Crippen LogP contribution in [0.1, 0.15) is 21.7 Å². The lowest BCUT2D eigenvalue weighted by Crippen LogP contribution is -2.17.